The van der Waals surface area contributed by atoms with Crippen LogP contribution in [0.15, 0.2) is 58.5 Å². The Balaban J connectivity index is 1.46. The minimum Gasteiger partial charge on any atom is -0.461 e. The average Bonchev–Trinajstić information content (AvgIpc) is 3.28. The molecule has 0 aliphatic heterocycles. The fraction of sp³-hybridized carbons (Fsp3) is 0.348. The summed E-state index contributed by atoms with van der Waals surface area (Å²) in [6.45, 7) is 4.64. The topological polar surface area (TPSA) is 81.9 Å². The highest BCUT2D eigenvalue weighted by Gasteiger charge is 2.16. The van der Waals surface area contributed by atoms with Crippen LogP contribution in [0.3, 0.4) is 0 Å². The number of nitrogens with zero attached hydrogens (tertiary/aromatic N) is 3. The lowest BCUT2D eigenvalue weighted by Crippen LogP contribution is -2.19. The van der Waals surface area contributed by atoms with Crippen LogP contribution in [0, 0.1) is 0 Å². The van der Waals surface area contributed by atoms with Crippen molar-refractivity contribution in [1.82, 2.24) is 19.1 Å². The molecule has 0 amide bonds. The Morgan fingerprint density at radius 1 is 1.13 bits per heavy atom. The summed E-state index contributed by atoms with van der Waals surface area (Å²) in [7, 11) is 0. The van der Waals surface area contributed by atoms with Crippen LogP contribution in [0.5, 0.6) is 0 Å². The molecular formula is C23H26N4O3S. The molecular weight excluding hydrogens is 412 g/mol. The van der Waals surface area contributed by atoms with Gasteiger partial charge in [0.15, 0.2) is 5.16 Å². The minimum absolute atomic E-state index is 0.0915. The second-order valence-corrected chi connectivity index (χ2v) is 8.54. The second kappa shape index (κ2) is 9.43. The number of rotatable bonds is 9. The zero-order valence-corrected chi connectivity index (χ0v) is 18.5. The smallest absolute Gasteiger partial charge is 0.326 e. The molecule has 4 aromatic rings. The van der Waals surface area contributed by atoms with Crippen molar-refractivity contribution in [2.45, 2.75) is 51.0 Å². The number of carbonyl (C=O) groups excluding carboxylic acids is 1. The van der Waals surface area contributed by atoms with Crippen molar-refractivity contribution in [2.24, 2.45) is 0 Å². The van der Waals surface area contributed by atoms with Gasteiger partial charge in [0.2, 0.25) is 0 Å². The molecule has 2 aromatic heterocycles. The summed E-state index contributed by atoms with van der Waals surface area (Å²) in [5.41, 5.74) is 3.44. The molecule has 8 heteroatoms. The van der Waals surface area contributed by atoms with E-state index in [1.54, 1.807) is 16.3 Å². The van der Waals surface area contributed by atoms with Crippen LogP contribution in [-0.4, -0.2) is 36.9 Å². The van der Waals surface area contributed by atoms with Gasteiger partial charge in [0.05, 0.1) is 28.2 Å². The maximum absolute atomic E-state index is 12.4. The van der Waals surface area contributed by atoms with E-state index in [4.69, 9.17) is 9.72 Å². The van der Waals surface area contributed by atoms with Crippen LogP contribution in [0.2, 0.25) is 0 Å². The predicted molar refractivity (Wildman–Crippen MR) is 123 cm³/mol. The number of benzene rings is 2. The van der Waals surface area contributed by atoms with Crippen molar-refractivity contribution >= 4 is 39.8 Å². The van der Waals surface area contributed by atoms with Crippen molar-refractivity contribution < 1.29 is 9.53 Å². The van der Waals surface area contributed by atoms with Gasteiger partial charge in [0, 0.05) is 12.3 Å². The van der Waals surface area contributed by atoms with Crippen molar-refractivity contribution in [3.05, 3.63) is 59.0 Å². The molecule has 0 fully saturated rings. The fourth-order valence-corrected chi connectivity index (χ4v) is 4.44. The third-order valence-electron chi connectivity index (χ3n) is 5.25. The molecule has 0 radical (unpaired) electrons. The first-order valence-corrected chi connectivity index (χ1v) is 11.5. The predicted octanol–water partition coefficient (Wildman–Crippen LogP) is 4.20. The number of H-pyrrole nitrogens is 1. The summed E-state index contributed by atoms with van der Waals surface area (Å²) in [6, 6.07) is 15.5. The van der Waals surface area contributed by atoms with Crippen molar-refractivity contribution in [3.8, 4) is 0 Å². The maximum atomic E-state index is 12.4. The summed E-state index contributed by atoms with van der Waals surface area (Å²) in [5.74, 6) is 0.514. The monoisotopic (exact) mass is 438 g/mol. The Bertz CT molecular complexity index is 1260. The van der Waals surface area contributed by atoms with E-state index in [9.17, 15) is 9.59 Å². The number of esters is 1. The first kappa shape index (κ1) is 21.2. The quantitative estimate of drug-likeness (QED) is 0.241. The second-order valence-electron chi connectivity index (χ2n) is 7.48. The van der Waals surface area contributed by atoms with E-state index in [2.05, 4.69) is 4.98 Å². The number of aryl methyl sites for hydroxylation is 1. The van der Waals surface area contributed by atoms with Gasteiger partial charge in [-0.2, -0.15) is 0 Å². The molecule has 0 saturated carbocycles. The summed E-state index contributed by atoms with van der Waals surface area (Å²) < 4.78 is 9.15. The van der Waals surface area contributed by atoms with Gasteiger partial charge in [-0.25, -0.2) is 9.78 Å². The molecule has 1 N–H and O–H groups in total. The van der Waals surface area contributed by atoms with E-state index in [0.29, 0.717) is 6.54 Å². The van der Waals surface area contributed by atoms with Crippen LogP contribution in [0.25, 0.3) is 22.1 Å². The Kier molecular flexibility index (Phi) is 6.46. The van der Waals surface area contributed by atoms with Gasteiger partial charge >= 0.3 is 11.7 Å². The standard InChI is InChI=1S/C23H26N4O3S/c1-3-16(2)30-21(28)15-27-20-12-7-5-10-18(20)25-23(27)31-14-8-13-26-19-11-6-4-9-17(19)24-22(26)29/h4-7,9-12,16H,3,8,13-15H2,1-2H3,(H,24,29). The van der Waals surface area contributed by atoms with Crippen molar-refractivity contribution in [2.75, 3.05) is 5.75 Å². The number of ether oxygens (including phenoxy) is 1. The van der Waals surface area contributed by atoms with Gasteiger partial charge in [-0.3, -0.25) is 9.36 Å². The highest BCUT2D eigenvalue weighted by atomic mass is 32.2. The SMILES string of the molecule is CCC(C)OC(=O)Cn1c(SCCCn2c(=O)[nH]c3ccccc32)nc2ccccc21. The average molecular weight is 439 g/mol. The molecule has 0 spiro atoms. The van der Waals surface area contributed by atoms with E-state index in [0.717, 1.165) is 45.8 Å². The zero-order chi connectivity index (χ0) is 21.8. The number of imidazole rings is 2. The highest BCUT2D eigenvalue weighted by Crippen LogP contribution is 2.25. The lowest BCUT2D eigenvalue weighted by atomic mass is 10.3. The molecule has 162 valence electrons. The molecule has 7 nitrogen and oxygen atoms in total. The van der Waals surface area contributed by atoms with E-state index in [1.807, 2.05) is 66.9 Å². The Labute approximate surface area is 184 Å². The van der Waals surface area contributed by atoms with Crippen LogP contribution in [0.4, 0.5) is 0 Å². The zero-order valence-electron chi connectivity index (χ0n) is 17.7. The molecule has 2 aromatic carbocycles. The van der Waals surface area contributed by atoms with Gasteiger partial charge < -0.3 is 14.3 Å². The number of aromatic nitrogens is 4. The molecule has 2 heterocycles. The maximum Gasteiger partial charge on any atom is 0.326 e. The van der Waals surface area contributed by atoms with E-state index >= 15 is 0 Å². The van der Waals surface area contributed by atoms with E-state index in [1.165, 1.54) is 0 Å². The Morgan fingerprint density at radius 2 is 1.87 bits per heavy atom. The number of aromatic amines is 1. The Morgan fingerprint density at radius 3 is 2.68 bits per heavy atom. The highest BCUT2D eigenvalue weighted by molar-refractivity contribution is 7.99. The first-order chi connectivity index (χ1) is 15.1. The number of para-hydroxylation sites is 4. The van der Waals surface area contributed by atoms with Crippen LogP contribution in [-0.2, 0) is 22.6 Å². The minimum atomic E-state index is -0.260. The number of thioether (sulfide) groups is 1. The first-order valence-electron chi connectivity index (χ1n) is 10.5. The van der Waals surface area contributed by atoms with Crippen LogP contribution < -0.4 is 5.69 Å². The molecule has 0 aliphatic rings. The van der Waals surface area contributed by atoms with Crippen molar-refractivity contribution in [3.63, 3.8) is 0 Å². The fourth-order valence-electron chi connectivity index (χ4n) is 3.51. The van der Waals surface area contributed by atoms with Crippen molar-refractivity contribution in [1.29, 1.82) is 0 Å². The summed E-state index contributed by atoms with van der Waals surface area (Å²) in [5, 5.41) is 0.786. The molecule has 4 rings (SSSR count). The molecule has 1 atom stereocenters. The number of hydrogen-bond acceptors (Lipinski definition) is 5. The third kappa shape index (κ3) is 4.69. The van der Waals surface area contributed by atoms with Gasteiger partial charge in [-0.1, -0.05) is 43.0 Å². The van der Waals surface area contributed by atoms with E-state index < -0.39 is 0 Å². The Hall–Kier alpha value is -3.00. The third-order valence-corrected chi connectivity index (χ3v) is 6.32. The van der Waals surface area contributed by atoms with Gasteiger partial charge in [0.1, 0.15) is 6.54 Å². The summed E-state index contributed by atoms with van der Waals surface area (Å²) >= 11 is 1.59. The lowest BCUT2D eigenvalue weighted by Gasteiger charge is -2.13. The number of fused-ring (bicyclic) bond motifs is 2. The number of carbonyl (C=O) groups is 1. The van der Waals surface area contributed by atoms with Gasteiger partial charge in [-0.05, 0) is 44.0 Å². The largest absolute Gasteiger partial charge is 0.461 e. The molecule has 1 unspecified atom stereocenters. The normalized spacial score (nSPS) is 12.5. The van der Waals surface area contributed by atoms with E-state index in [-0.39, 0.29) is 24.3 Å². The molecule has 0 saturated heterocycles. The van der Waals surface area contributed by atoms with Gasteiger partial charge in [0.25, 0.3) is 0 Å². The van der Waals surface area contributed by atoms with Crippen LogP contribution in [0.1, 0.15) is 26.7 Å². The van der Waals surface area contributed by atoms with Crippen LogP contribution >= 0.6 is 11.8 Å². The summed E-state index contributed by atoms with van der Waals surface area (Å²) in [6.07, 6.45) is 1.48. The lowest BCUT2D eigenvalue weighted by molar-refractivity contribution is -0.149. The molecule has 31 heavy (non-hydrogen) atoms. The molecule has 0 bridgehead atoms. The molecule has 0 aliphatic carbocycles. The summed E-state index contributed by atoms with van der Waals surface area (Å²) in [4.78, 5) is 32.2. The number of hydrogen-bond donors (Lipinski definition) is 1. The number of nitrogens with one attached hydrogen (secondary N) is 1. The van der Waals surface area contributed by atoms with Gasteiger partial charge in [-0.15, -0.1) is 0 Å².